The number of hydrogen-bond acceptors (Lipinski definition) is 2. The number of aromatic nitrogens is 1. The maximum Gasteiger partial charge on any atom is 0.161 e. The van der Waals surface area contributed by atoms with Crippen molar-refractivity contribution in [1.82, 2.24) is 4.57 Å². The van der Waals surface area contributed by atoms with Gasteiger partial charge in [-0.05, 0) is 19.2 Å². The molecule has 0 aromatic carbocycles. The zero-order valence-electron chi connectivity index (χ0n) is 7.41. The first-order valence-electron chi connectivity index (χ1n) is 3.89. The summed E-state index contributed by atoms with van der Waals surface area (Å²) in [7, 11) is 0. The van der Waals surface area contributed by atoms with Crippen molar-refractivity contribution in [2.24, 2.45) is 0 Å². The number of carbonyl (C=O) groups excluding carboxylic acids is 1. The molecule has 12 heavy (non-hydrogen) atoms. The van der Waals surface area contributed by atoms with E-state index in [1.165, 1.54) is 0 Å². The smallest absolute Gasteiger partial charge is 0.161 e. The van der Waals surface area contributed by atoms with E-state index in [-0.39, 0.29) is 5.78 Å². The number of carbonyl (C=O) groups is 1. The Morgan fingerprint density at radius 1 is 1.67 bits per heavy atom. The minimum Gasteiger partial charge on any atom is -0.353 e. The van der Waals surface area contributed by atoms with Gasteiger partial charge in [0.15, 0.2) is 5.78 Å². The van der Waals surface area contributed by atoms with E-state index in [1.54, 1.807) is 6.92 Å². The summed E-state index contributed by atoms with van der Waals surface area (Å²) in [5.74, 6) is 1.23. The molecule has 0 saturated carbocycles. The monoisotopic (exact) mass is 183 g/mol. The summed E-state index contributed by atoms with van der Waals surface area (Å²) >= 11 is 1.81. The van der Waals surface area contributed by atoms with Crippen molar-refractivity contribution in [1.29, 1.82) is 0 Å². The van der Waals surface area contributed by atoms with Crippen molar-refractivity contribution in [2.45, 2.75) is 13.5 Å². The molecule has 0 aliphatic rings. The van der Waals surface area contributed by atoms with Gasteiger partial charge in [0.05, 0.1) is 0 Å². The molecule has 1 rings (SSSR count). The van der Waals surface area contributed by atoms with Gasteiger partial charge in [-0.1, -0.05) is 0 Å². The number of thioether (sulfide) groups is 1. The van der Waals surface area contributed by atoms with Crippen molar-refractivity contribution in [3.05, 3.63) is 24.0 Å². The summed E-state index contributed by atoms with van der Waals surface area (Å²) in [6, 6.07) is 1.86. The quantitative estimate of drug-likeness (QED) is 0.666. The molecule has 0 unspecified atom stereocenters. The molecular formula is C9H13NOS. The van der Waals surface area contributed by atoms with Crippen LogP contribution in [0.2, 0.25) is 0 Å². The number of hydrogen-bond donors (Lipinski definition) is 0. The molecule has 0 spiro atoms. The lowest BCUT2D eigenvalue weighted by atomic mass is 10.2. The van der Waals surface area contributed by atoms with Crippen molar-refractivity contribution >= 4 is 17.5 Å². The molecule has 0 N–H and O–H groups in total. The van der Waals surface area contributed by atoms with Crippen LogP contribution >= 0.6 is 11.8 Å². The van der Waals surface area contributed by atoms with Crippen molar-refractivity contribution < 1.29 is 4.79 Å². The van der Waals surface area contributed by atoms with E-state index in [9.17, 15) is 4.79 Å². The second-order valence-corrected chi connectivity index (χ2v) is 3.67. The number of ketones is 1. The maximum absolute atomic E-state index is 10.9. The van der Waals surface area contributed by atoms with Gasteiger partial charge >= 0.3 is 0 Å². The summed E-state index contributed by atoms with van der Waals surface area (Å²) in [5.41, 5.74) is 0.802. The molecule has 3 heteroatoms. The summed E-state index contributed by atoms with van der Waals surface area (Å²) in [6.45, 7) is 2.57. The van der Waals surface area contributed by atoms with Gasteiger partial charge in [0.2, 0.25) is 0 Å². The fourth-order valence-electron chi connectivity index (χ4n) is 0.985. The predicted molar refractivity (Wildman–Crippen MR) is 52.8 cm³/mol. The van der Waals surface area contributed by atoms with E-state index in [0.29, 0.717) is 0 Å². The topological polar surface area (TPSA) is 22.0 Å². The normalized spacial score (nSPS) is 10.2. The first-order chi connectivity index (χ1) is 5.74. The summed E-state index contributed by atoms with van der Waals surface area (Å²) in [6.07, 6.45) is 5.93. The van der Waals surface area contributed by atoms with Gasteiger partial charge in [-0.2, -0.15) is 11.8 Å². The second-order valence-electron chi connectivity index (χ2n) is 2.69. The highest BCUT2D eigenvalue weighted by Gasteiger charge is 2.00. The molecule has 66 valence electrons. The Hall–Kier alpha value is -0.700. The van der Waals surface area contributed by atoms with Crippen LogP contribution in [0, 0.1) is 0 Å². The molecule has 0 atom stereocenters. The molecule has 0 bridgehead atoms. The van der Waals surface area contributed by atoms with E-state index >= 15 is 0 Å². The zero-order chi connectivity index (χ0) is 8.97. The number of aryl methyl sites for hydroxylation is 1. The van der Waals surface area contributed by atoms with Gasteiger partial charge in [0.25, 0.3) is 0 Å². The number of nitrogens with zero attached hydrogens (tertiary/aromatic N) is 1. The Bertz CT molecular complexity index is 267. The number of rotatable bonds is 4. The standard InChI is InChI=1S/C9H13NOS/c1-8(11)9-3-4-10(7-9)5-6-12-2/h3-4,7H,5-6H2,1-2H3. The minimum atomic E-state index is 0.137. The van der Waals surface area contributed by atoms with Crippen LogP contribution in [0.5, 0.6) is 0 Å². The number of Topliss-reactive ketones (excluding diaryl/α,β-unsaturated/α-hetero) is 1. The van der Waals surface area contributed by atoms with E-state index in [4.69, 9.17) is 0 Å². The van der Waals surface area contributed by atoms with Crippen LogP contribution in [-0.2, 0) is 6.54 Å². The Kier molecular flexibility index (Phi) is 3.41. The third kappa shape index (κ3) is 2.41. The average Bonchev–Trinajstić information content (AvgIpc) is 2.48. The molecule has 1 aromatic heterocycles. The zero-order valence-corrected chi connectivity index (χ0v) is 8.23. The third-order valence-corrected chi connectivity index (χ3v) is 2.30. The molecule has 0 fully saturated rings. The van der Waals surface area contributed by atoms with Crippen LogP contribution in [0.25, 0.3) is 0 Å². The Labute approximate surface area is 77.0 Å². The van der Waals surface area contributed by atoms with Crippen LogP contribution < -0.4 is 0 Å². The minimum absolute atomic E-state index is 0.137. The highest BCUT2D eigenvalue weighted by atomic mass is 32.2. The van der Waals surface area contributed by atoms with Gasteiger partial charge in [0, 0.05) is 30.3 Å². The van der Waals surface area contributed by atoms with E-state index in [0.717, 1.165) is 17.9 Å². The van der Waals surface area contributed by atoms with E-state index < -0.39 is 0 Å². The Morgan fingerprint density at radius 3 is 2.92 bits per heavy atom. The molecule has 0 radical (unpaired) electrons. The van der Waals surface area contributed by atoms with Crippen LogP contribution in [0.1, 0.15) is 17.3 Å². The predicted octanol–water partition coefficient (Wildman–Crippen LogP) is 2.05. The van der Waals surface area contributed by atoms with Gasteiger partial charge in [-0.15, -0.1) is 0 Å². The highest BCUT2D eigenvalue weighted by Crippen LogP contribution is 2.03. The first kappa shape index (κ1) is 9.39. The molecular weight excluding hydrogens is 170 g/mol. The second kappa shape index (κ2) is 4.36. The Balaban J connectivity index is 2.58. The van der Waals surface area contributed by atoms with Gasteiger partial charge < -0.3 is 4.57 Å². The molecule has 0 aliphatic carbocycles. The van der Waals surface area contributed by atoms with Crippen LogP contribution in [0.4, 0.5) is 0 Å². The Morgan fingerprint density at radius 2 is 2.42 bits per heavy atom. The lowest BCUT2D eigenvalue weighted by Crippen LogP contribution is -1.97. The molecule has 1 heterocycles. The SMILES string of the molecule is CSCCn1ccc(C(C)=O)c1. The molecule has 1 aromatic rings. The first-order valence-corrected chi connectivity index (χ1v) is 5.29. The van der Waals surface area contributed by atoms with Crippen LogP contribution in [0.15, 0.2) is 18.5 Å². The van der Waals surface area contributed by atoms with Gasteiger partial charge in [0.1, 0.15) is 0 Å². The molecule has 0 amide bonds. The van der Waals surface area contributed by atoms with Crippen LogP contribution in [0.3, 0.4) is 0 Å². The van der Waals surface area contributed by atoms with E-state index in [2.05, 4.69) is 6.26 Å². The maximum atomic E-state index is 10.9. The highest BCUT2D eigenvalue weighted by molar-refractivity contribution is 7.98. The van der Waals surface area contributed by atoms with Gasteiger partial charge in [-0.25, -0.2) is 0 Å². The van der Waals surface area contributed by atoms with Crippen molar-refractivity contribution in [3.63, 3.8) is 0 Å². The fraction of sp³-hybridized carbons (Fsp3) is 0.444. The average molecular weight is 183 g/mol. The lowest BCUT2D eigenvalue weighted by molar-refractivity contribution is 0.101. The van der Waals surface area contributed by atoms with Crippen LogP contribution in [-0.4, -0.2) is 22.4 Å². The van der Waals surface area contributed by atoms with E-state index in [1.807, 2.05) is 34.8 Å². The third-order valence-electron chi connectivity index (χ3n) is 1.71. The molecule has 0 aliphatic heterocycles. The molecule has 0 saturated heterocycles. The summed E-state index contributed by atoms with van der Waals surface area (Å²) in [4.78, 5) is 10.9. The summed E-state index contributed by atoms with van der Waals surface area (Å²) in [5, 5.41) is 0. The summed E-state index contributed by atoms with van der Waals surface area (Å²) < 4.78 is 2.05. The van der Waals surface area contributed by atoms with Gasteiger partial charge in [-0.3, -0.25) is 4.79 Å². The van der Waals surface area contributed by atoms with Crippen molar-refractivity contribution in [2.75, 3.05) is 12.0 Å². The lowest BCUT2D eigenvalue weighted by Gasteiger charge is -1.98. The molecule has 2 nitrogen and oxygen atoms in total. The fourth-order valence-corrected chi connectivity index (χ4v) is 1.38. The van der Waals surface area contributed by atoms with Crippen molar-refractivity contribution in [3.8, 4) is 0 Å². The largest absolute Gasteiger partial charge is 0.353 e.